The molecule has 0 aliphatic rings. The molecule has 0 aliphatic heterocycles. The van der Waals surface area contributed by atoms with Gasteiger partial charge in [-0.05, 0) is 45.6 Å². The standard InChI is InChI=1S/C29H26BrClN6O/c1-19(22-7-3-2-4-8-22)35-29(38)33-17-21-13-11-20(12-14-21)16-32-27-15-26(23-9-5-6-10-25(23)31)36-28-24(30)18-34-37(27)28/h2-15,18-19,32H,16-17H2,1H3,(H2,33,35,38)/t19-/m0/s1. The maximum absolute atomic E-state index is 12.3. The van der Waals surface area contributed by atoms with Crippen LogP contribution in [0.2, 0.25) is 5.02 Å². The second-order valence-electron chi connectivity index (χ2n) is 8.86. The highest BCUT2D eigenvalue weighted by molar-refractivity contribution is 9.10. The lowest BCUT2D eigenvalue weighted by Crippen LogP contribution is -2.36. The van der Waals surface area contributed by atoms with Crippen LogP contribution in [0.25, 0.3) is 16.9 Å². The Morgan fingerprint density at radius 1 is 0.974 bits per heavy atom. The molecule has 5 rings (SSSR count). The Morgan fingerprint density at radius 3 is 2.39 bits per heavy atom. The minimum Gasteiger partial charge on any atom is -0.366 e. The number of nitrogens with zero attached hydrogens (tertiary/aromatic N) is 3. The van der Waals surface area contributed by atoms with Crippen LogP contribution >= 0.6 is 27.5 Å². The first-order chi connectivity index (χ1) is 18.5. The Kier molecular flexibility index (Phi) is 7.91. The quantitative estimate of drug-likeness (QED) is 0.182. The molecule has 0 saturated heterocycles. The maximum atomic E-state index is 12.3. The van der Waals surface area contributed by atoms with Crippen molar-refractivity contribution in [3.63, 3.8) is 0 Å². The van der Waals surface area contributed by atoms with Crippen LogP contribution < -0.4 is 16.0 Å². The van der Waals surface area contributed by atoms with Crippen molar-refractivity contribution in [3.8, 4) is 11.3 Å². The molecule has 192 valence electrons. The van der Waals surface area contributed by atoms with Gasteiger partial charge >= 0.3 is 6.03 Å². The Balaban J connectivity index is 1.22. The van der Waals surface area contributed by atoms with Gasteiger partial charge in [-0.15, -0.1) is 0 Å². The number of urea groups is 1. The van der Waals surface area contributed by atoms with E-state index < -0.39 is 0 Å². The number of carbonyl (C=O) groups is 1. The van der Waals surface area contributed by atoms with Crippen molar-refractivity contribution in [1.29, 1.82) is 0 Å². The van der Waals surface area contributed by atoms with E-state index in [0.717, 1.165) is 38.2 Å². The highest BCUT2D eigenvalue weighted by Gasteiger charge is 2.13. The predicted molar refractivity (Wildman–Crippen MR) is 155 cm³/mol. The number of nitrogens with one attached hydrogen (secondary N) is 3. The molecule has 3 aromatic carbocycles. The van der Waals surface area contributed by atoms with Crippen molar-refractivity contribution < 1.29 is 4.79 Å². The van der Waals surface area contributed by atoms with Crippen LogP contribution in [0.1, 0.15) is 29.7 Å². The molecular formula is C29H26BrClN6O. The summed E-state index contributed by atoms with van der Waals surface area (Å²) in [5.74, 6) is 0.797. The average Bonchev–Trinajstić information content (AvgIpc) is 3.32. The summed E-state index contributed by atoms with van der Waals surface area (Å²) in [6, 6.07) is 27.3. The fraction of sp³-hybridized carbons (Fsp3) is 0.138. The zero-order valence-corrected chi connectivity index (χ0v) is 23.0. The van der Waals surface area contributed by atoms with Crippen LogP contribution in [-0.2, 0) is 13.1 Å². The molecule has 2 amide bonds. The first-order valence-electron chi connectivity index (χ1n) is 12.2. The lowest BCUT2D eigenvalue weighted by atomic mass is 10.1. The van der Waals surface area contributed by atoms with Crippen LogP contribution in [0.4, 0.5) is 10.6 Å². The van der Waals surface area contributed by atoms with Crippen molar-refractivity contribution in [3.05, 3.63) is 117 Å². The Hall–Kier alpha value is -3.88. The third-order valence-corrected chi connectivity index (χ3v) is 7.06. The second-order valence-corrected chi connectivity index (χ2v) is 10.1. The van der Waals surface area contributed by atoms with Crippen molar-refractivity contribution >= 4 is 45.0 Å². The predicted octanol–water partition coefficient (Wildman–Crippen LogP) is 6.98. The molecule has 9 heteroatoms. The summed E-state index contributed by atoms with van der Waals surface area (Å²) in [4.78, 5) is 17.1. The van der Waals surface area contributed by atoms with Gasteiger partial charge in [0.05, 0.1) is 22.4 Å². The van der Waals surface area contributed by atoms with Crippen molar-refractivity contribution in [2.45, 2.75) is 26.1 Å². The SMILES string of the molecule is C[C@H](NC(=O)NCc1ccc(CNc2cc(-c3ccccc3Cl)nc3c(Br)cnn23)cc1)c1ccccc1. The Morgan fingerprint density at radius 2 is 1.66 bits per heavy atom. The minimum absolute atomic E-state index is 0.0712. The van der Waals surface area contributed by atoms with Gasteiger partial charge in [0, 0.05) is 29.7 Å². The molecule has 0 unspecified atom stereocenters. The van der Waals surface area contributed by atoms with Gasteiger partial charge in [0.25, 0.3) is 0 Å². The second kappa shape index (κ2) is 11.7. The molecule has 0 saturated carbocycles. The normalized spacial score (nSPS) is 11.8. The number of fused-ring (bicyclic) bond motifs is 1. The summed E-state index contributed by atoms with van der Waals surface area (Å²) in [5, 5.41) is 14.4. The molecule has 3 N–H and O–H groups in total. The first kappa shape index (κ1) is 25.8. The number of aromatic nitrogens is 3. The van der Waals surface area contributed by atoms with Gasteiger partial charge in [-0.25, -0.2) is 9.78 Å². The summed E-state index contributed by atoms with van der Waals surface area (Å²) in [6.07, 6.45) is 1.72. The molecule has 38 heavy (non-hydrogen) atoms. The number of rotatable bonds is 8. The molecular weight excluding hydrogens is 564 g/mol. The summed E-state index contributed by atoms with van der Waals surface area (Å²) < 4.78 is 2.56. The van der Waals surface area contributed by atoms with Crippen LogP contribution in [0.5, 0.6) is 0 Å². The van der Waals surface area contributed by atoms with Gasteiger partial charge in [-0.2, -0.15) is 9.61 Å². The minimum atomic E-state index is -0.200. The molecule has 1 atom stereocenters. The van der Waals surface area contributed by atoms with E-state index in [2.05, 4.69) is 37.0 Å². The summed E-state index contributed by atoms with van der Waals surface area (Å²) in [6.45, 7) is 2.99. The Labute approximate surface area is 234 Å². The van der Waals surface area contributed by atoms with E-state index in [0.29, 0.717) is 23.8 Å². The smallest absolute Gasteiger partial charge is 0.315 e. The summed E-state index contributed by atoms with van der Waals surface area (Å²) in [5.41, 5.74) is 5.48. The molecule has 0 radical (unpaired) electrons. The van der Waals surface area contributed by atoms with E-state index in [-0.39, 0.29) is 12.1 Å². The molecule has 0 bridgehead atoms. The van der Waals surface area contributed by atoms with Gasteiger partial charge in [-0.1, -0.05) is 84.4 Å². The number of hydrogen-bond acceptors (Lipinski definition) is 4. The van der Waals surface area contributed by atoms with Crippen molar-refractivity contribution in [2.75, 3.05) is 5.32 Å². The first-order valence-corrected chi connectivity index (χ1v) is 13.4. The number of hydrogen-bond donors (Lipinski definition) is 3. The third-order valence-electron chi connectivity index (χ3n) is 6.18. The molecule has 2 aromatic heterocycles. The van der Waals surface area contributed by atoms with Crippen molar-refractivity contribution in [1.82, 2.24) is 25.2 Å². The van der Waals surface area contributed by atoms with E-state index >= 15 is 0 Å². The molecule has 0 fully saturated rings. The van der Waals surface area contributed by atoms with Gasteiger partial charge in [0.1, 0.15) is 5.82 Å². The van der Waals surface area contributed by atoms with Gasteiger partial charge in [0.2, 0.25) is 0 Å². The summed E-state index contributed by atoms with van der Waals surface area (Å²) in [7, 11) is 0. The van der Waals surface area contributed by atoms with Crippen LogP contribution in [0.15, 0.2) is 95.6 Å². The van der Waals surface area contributed by atoms with E-state index in [1.165, 1.54) is 0 Å². The number of amides is 2. The molecule has 5 aromatic rings. The molecule has 0 spiro atoms. The van der Waals surface area contributed by atoms with Gasteiger partial charge < -0.3 is 16.0 Å². The van der Waals surface area contributed by atoms with Crippen molar-refractivity contribution in [2.24, 2.45) is 0 Å². The van der Waals surface area contributed by atoms with E-state index in [9.17, 15) is 4.79 Å². The molecule has 7 nitrogen and oxygen atoms in total. The fourth-order valence-electron chi connectivity index (χ4n) is 4.09. The van der Waals surface area contributed by atoms with E-state index in [1.807, 2.05) is 91.9 Å². The highest BCUT2D eigenvalue weighted by Crippen LogP contribution is 2.30. The number of anilines is 1. The van der Waals surface area contributed by atoms with Crippen LogP contribution in [0.3, 0.4) is 0 Å². The molecule has 0 aliphatic carbocycles. The monoisotopic (exact) mass is 588 g/mol. The Bertz CT molecular complexity index is 1560. The number of benzene rings is 3. The van der Waals surface area contributed by atoms with Crippen LogP contribution in [0, 0.1) is 0 Å². The third kappa shape index (κ3) is 5.98. The van der Waals surface area contributed by atoms with Gasteiger partial charge in [-0.3, -0.25) is 0 Å². The fourth-order valence-corrected chi connectivity index (χ4v) is 4.67. The lowest BCUT2D eigenvalue weighted by molar-refractivity contribution is 0.237. The van der Waals surface area contributed by atoms with E-state index in [1.54, 1.807) is 10.7 Å². The summed E-state index contributed by atoms with van der Waals surface area (Å²) >= 11 is 9.98. The highest BCUT2D eigenvalue weighted by atomic mass is 79.9. The van der Waals surface area contributed by atoms with Gasteiger partial charge in [0.15, 0.2) is 5.65 Å². The van der Waals surface area contributed by atoms with Crippen LogP contribution in [-0.4, -0.2) is 20.6 Å². The largest absolute Gasteiger partial charge is 0.366 e. The van der Waals surface area contributed by atoms with E-state index in [4.69, 9.17) is 16.6 Å². The molecule has 2 heterocycles. The topological polar surface area (TPSA) is 83.4 Å². The average molecular weight is 590 g/mol. The number of carbonyl (C=O) groups excluding carboxylic acids is 1. The maximum Gasteiger partial charge on any atom is 0.315 e. The zero-order valence-electron chi connectivity index (χ0n) is 20.7. The lowest BCUT2D eigenvalue weighted by Gasteiger charge is -2.15. The number of halogens is 2. The zero-order chi connectivity index (χ0) is 26.5.